The molecule has 1 fully saturated rings. The first-order chi connectivity index (χ1) is 8.72. The number of likely N-dealkylation sites (N-methyl/N-ethyl adjacent to an activating group) is 1. The van der Waals surface area contributed by atoms with Gasteiger partial charge < -0.3 is 5.73 Å². The standard InChI is InChI=1S/C15H26N2S/c1-12-8-9-18-15(12)14(10-16)17(2)11-13-6-4-3-5-7-13/h8-9,13-14H,3-7,10-11,16H2,1-2H3. The molecular weight excluding hydrogens is 240 g/mol. The number of nitrogens with two attached hydrogens (primary N) is 1. The van der Waals surface area contributed by atoms with Crippen molar-refractivity contribution in [2.24, 2.45) is 11.7 Å². The second kappa shape index (κ2) is 6.69. The Balaban J connectivity index is 1.97. The molecule has 0 aliphatic heterocycles. The van der Waals surface area contributed by atoms with Gasteiger partial charge in [0.15, 0.2) is 0 Å². The van der Waals surface area contributed by atoms with Gasteiger partial charge in [-0.2, -0.15) is 0 Å². The summed E-state index contributed by atoms with van der Waals surface area (Å²) in [4.78, 5) is 3.94. The van der Waals surface area contributed by atoms with Gasteiger partial charge >= 0.3 is 0 Å². The maximum Gasteiger partial charge on any atom is 0.0564 e. The van der Waals surface area contributed by atoms with Crippen molar-refractivity contribution >= 4 is 11.3 Å². The van der Waals surface area contributed by atoms with E-state index in [2.05, 4.69) is 30.3 Å². The Kier molecular flexibility index (Phi) is 5.22. The first kappa shape index (κ1) is 14.0. The lowest BCUT2D eigenvalue weighted by Crippen LogP contribution is -2.34. The van der Waals surface area contributed by atoms with Crippen LogP contribution < -0.4 is 5.73 Å². The predicted octanol–water partition coefficient (Wildman–Crippen LogP) is 3.57. The minimum absolute atomic E-state index is 0.409. The normalized spacial score (nSPS) is 19.3. The van der Waals surface area contributed by atoms with E-state index in [1.807, 2.05) is 11.3 Å². The summed E-state index contributed by atoms with van der Waals surface area (Å²) in [5, 5.41) is 2.18. The van der Waals surface area contributed by atoms with Crippen molar-refractivity contribution in [3.63, 3.8) is 0 Å². The third kappa shape index (κ3) is 3.34. The van der Waals surface area contributed by atoms with E-state index in [1.165, 1.54) is 49.1 Å². The molecule has 1 aromatic rings. The molecule has 0 amide bonds. The molecule has 1 aromatic heterocycles. The van der Waals surface area contributed by atoms with Crippen LogP contribution in [0, 0.1) is 12.8 Å². The van der Waals surface area contributed by atoms with Crippen molar-refractivity contribution in [3.8, 4) is 0 Å². The summed E-state index contributed by atoms with van der Waals surface area (Å²) >= 11 is 1.85. The van der Waals surface area contributed by atoms with Crippen LogP contribution >= 0.6 is 11.3 Å². The number of hydrogen-bond acceptors (Lipinski definition) is 3. The minimum Gasteiger partial charge on any atom is -0.329 e. The van der Waals surface area contributed by atoms with Crippen molar-refractivity contribution in [2.45, 2.75) is 45.1 Å². The Bertz CT molecular complexity index is 355. The fraction of sp³-hybridized carbons (Fsp3) is 0.733. The Labute approximate surface area is 115 Å². The van der Waals surface area contributed by atoms with Crippen molar-refractivity contribution in [1.82, 2.24) is 4.90 Å². The average molecular weight is 266 g/mol. The van der Waals surface area contributed by atoms with Gasteiger partial charge in [-0.25, -0.2) is 0 Å². The van der Waals surface area contributed by atoms with Gasteiger partial charge in [-0.1, -0.05) is 19.3 Å². The molecule has 102 valence electrons. The lowest BCUT2D eigenvalue weighted by atomic mass is 9.88. The van der Waals surface area contributed by atoms with Crippen LogP contribution in [0.25, 0.3) is 0 Å². The molecule has 0 bridgehead atoms. The van der Waals surface area contributed by atoms with Gasteiger partial charge in [0.05, 0.1) is 6.04 Å². The molecule has 1 aliphatic rings. The number of rotatable bonds is 5. The van der Waals surface area contributed by atoms with Gasteiger partial charge in [0.2, 0.25) is 0 Å². The molecule has 2 rings (SSSR count). The quantitative estimate of drug-likeness (QED) is 0.883. The van der Waals surface area contributed by atoms with Crippen molar-refractivity contribution in [3.05, 3.63) is 21.9 Å². The maximum absolute atomic E-state index is 6.00. The monoisotopic (exact) mass is 266 g/mol. The molecule has 2 N–H and O–H groups in total. The molecule has 3 heteroatoms. The van der Waals surface area contributed by atoms with Gasteiger partial charge in [-0.05, 0) is 49.7 Å². The van der Waals surface area contributed by atoms with E-state index < -0.39 is 0 Å². The van der Waals surface area contributed by atoms with Crippen molar-refractivity contribution in [1.29, 1.82) is 0 Å². The molecule has 18 heavy (non-hydrogen) atoms. The Morgan fingerprint density at radius 1 is 1.39 bits per heavy atom. The Hall–Kier alpha value is -0.380. The highest BCUT2D eigenvalue weighted by Gasteiger charge is 2.22. The fourth-order valence-corrected chi connectivity index (χ4v) is 4.22. The first-order valence-corrected chi connectivity index (χ1v) is 8.04. The van der Waals surface area contributed by atoms with Crippen molar-refractivity contribution in [2.75, 3.05) is 20.1 Å². The lowest BCUT2D eigenvalue weighted by Gasteiger charge is -2.32. The number of nitrogens with zero attached hydrogens (tertiary/aromatic N) is 1. The summed E-state index contributed by atoms with van der Waals surface area (Å²) in [6.45, 7) is 4.13. The molecule has 1 aliphatic carbocycles. The SMILES string of the molecule is Cc1ccsc1C(CN)N(C)CC1CCCCC1. The van der Waals surface area contributed by atoms with Gasteiger partial charge in [0, 0.05) is 18.0 Å². The molecule has 1 unspecified atom stereocenters. The molecular formula is C15H26N2S. The second-order valence-corrected chi connectivity index (χ2v) is 6.61. The van der Waals surface area contributed by atoms with Crippen molar-refractivity contribution < 1.29 is 0 Å². The zero-order chi connectivity index (χ0) is 13.0. The van der Waals surface area contributed by atoms with Gasteiger partial charge in [-0.3, -0.25) is 4.90 Å². The highest BCUT2D eigenvalue weighted by Crippen LogP contribution is 2.30. The lowest BCUT2D eigenvalue weighted by molar-refractivity contribution is 0.187. The maximum atomic E-state index is 6.00. The summed E-state index contributed by atoms with van der Waals surface area (Å²) < 4.78 is 0. The molecule has 1 saturated carbocycles. The molecule has 1 atom stereocenters. The second-order valence-electron chi connectivity index (χ2n) is 5.66. The highest BCUT2D eigenvalue weighted by molar-refractivity contribution is 7.10. The highest BCUT2D eigenvalue weighted by atomic mass is 32.1. The van der Waals surface area contributed by atoms with Gasteiger partial charge in [0.25, 0.3) is 0 Å². The summed E-state index contributed by atoms with van der Waals surface area (Å²) in [5.74, 6) is 0.887. The Morgan fingerprint density at radius 3 is 2.67 bits per heavy atom. The molecule has 0 aromatic carbocycles. The summed E-state index contributed by atoms with van der Waals surface area (Å²) in [7, 11) is 2.24. The first-order valence-electron chi connectivity index (χ1n) is 7.16. The number of hydrogen-bond donors (Lipinski definition) is 1. The molecule has 1 heterocycles. The fourth-order valence-electron chi connectivity index (χ4n) is 3.12. The average Bonchev–Trinajstić information content (AvgIpc) is 2.78. The Morgan fingerprint density at radius 2 is 2.11 bits per heavy atom. The topological polar surface area (TPSA) is 29.3 Å². The van der Waals surface area contributed by atoms with Crippen LogP contribution in [0.2, 0.25) is 0 Å². The predicted molar refractivity (Wildman–Crippen MR) is 80.1 cm³/mol. The molecule has 0 spiro atoms. The van der Waals surface area contributed by atoms with E-state index >= 15 is 0 Å². The number of thiophene rings is 1. The summed E-state index contributed by atoms with van der Waals surface area (Å²) in [6.07, 6.45) is 7.09. The van der Waals surface area contributed by atoms with Crippen LogP contribution in [-0.2, 0) is 0 Å². The number of aryl methyl sites for hydroxylation is 1. The van der Waals surface area contributed by atoms with E-state index in [1.54, 1.807) is 0 Å². The zero-order valence-electron chi connectivity index (χ0n) is 11.7. The third-order valence-electron chi connectivity index (χ3n) is 4.23. The van der Waals surface area contributed by atoms with Crippen LogP contribution in [0.4, 0.5) is 0 Å². The van der Waals surface area contributed by atoms with E-state index in [4.69, 9.17) is 5.73 Å². The largest absolute Gasteiger partial charge is 0.329 e. The van der Waals surface area contributed by atoms with Crippen LogP contribution in [0.1, 0.15) is 48.6 Å². The molecule has 2 nitrogen and oxygen atoms in total. The summed E-state index contributed by atoms with van der Waals surface area (Å²) in [6, 6.07) is 2.61. The molecule has 0 radical (unpaired) electrons. The smallest absolute Gasteiger partial charge is 0.0564 e. The van der Waals surface area contributed by atoms with Crippen LogP contribution in [0.3, 0.4) is 0 Å². The van der Waals surface area contributed by atoms with E-state index in [0.29, 0.717) is 6.04 Å². The minimum atomic E-state index is 0.409. The van der Waals surface area contributed by atoms with E-state index in [0.717, 1.165) is 12.5 Å². The van der Waals surface area contributed by atoms with Crippen LogP contribution in [-0.4, -0.2) is 25.0 Å². The molecule has 0 saturated heterocycles. The van der Waals surface area contributed by atoms with Crippen LogP contribution in [0.5, 0.6) is 0 Å². The van der Waals surface area contributed by atoms with Gasteiger partial charge in [-0.15, -0.1) is 11.3 Å². The third-order valence-corrected chi connectivity index (χ3v) is 5.35. The van der Waals surface area contributed by atoms with Gasteiger partial charge in [0.1, 0.15) is 0 Å². The summed E-state index contributed by atoms with van der Waals surface area (Å²) in [5.41, 5.74) is 7.40. The van der Waals surface area contributed by atoms with E-state index in [9.17, 15) is 0 Å². The zero-order valence-corrected chi connectivity index (χ0v) is 12.5. The van der Waals surface area contributed by atoms with E-state index in [-0.39, 0.29) is 0 Å². The van der Waals surface area contributed by atoms with Crippen LogP contribution in [0.15, 0.2) is 11.4 Å².